The van der Waals surface area contributed by atoms with Gasteiger partial charge >= 0.3 is 5.97 Å². The van der Waals surface area contributed by atoms with Gasteiger partial charge in [-0.1, -0.05) is 305 Å². The summed E-state index contributed by atoms with van der Waals surface area (Å²) in [7, 11) is 3.99. The molecule has 12 heteroatoms. The number of unbranched alkanes of at least 4 members (excludes halogenated alkanes) is 39. The maximum Gasteiger partial charge on any atom is 0.305 e. The largest absolute Gasteiger partial charge is 0.464 e. The first kappa shape index (κ1) is 89.3. The van der Waals surface area contributed by atoms with E-state index >= 15 is 0 Å². The Morgan fingerprint density at radius 1 is 0.359 bits per heavy atom. The smallest absolute Gasteiger partial charge is 0.305 e. The standard InChI is InChI=1S/C80H158N4O6S2/c1-5-9-13-17-21-25-29-31-33-35-39-43-47-51-58-78(87)74-84(75-79(88)59-52-48-44-40-36-34-32-30-26-22-18-14-10-6-2)62-55-60-80(89)90-69-67-81-63-65-82(66-64-81)68-71-92-91-70-54-53-61-83(72-76(85)56-49-45-41-37-27-23-19-15-11-7-3)73-77(86)57-50-46-42-38-28-24-20-16-12-8-4/h31-34,76-79,85-88H,5-30,35-75H2,1-4H3/b33-31-,34-32-. The summed E-state index contributed by atoms with van der Waals surface area (Å²) in [5.41, 5.74) is 0. The molecule has 0 saturated carbocycles. The van der Waals surface area contributed by atoms with Gasteiger partial charge in [0.1, 0.15) is 6.61 Å². The van der Waals surface area contributed by atoms with Crippen molar-refractivity contribution in [2.24, 2.45) is 0 Å². The van der Waals surface area contributed by atoms with E-state index in [1.54, 1.807) is 0 Å². The van der Waals surface area contributed by atoms with Crippen LogP contribution in [0, 0.1) is 0 Å². The van der Waals surface area contributed by atoms with E-state index in [9.17, 15) is 25.2 Å². The zero-order valence-corrected chi connectivity index (χ0v) is 63.3. The summed E-state index contributed by atoms with van der Waals surface area (Å²) < 4.78 is 5.77. The third kappa shape index (κ3) is 64.0. The molecule has 0 aromatic heterocycles. The van der Waals surface area contributed by atoms with Crippen LogP contribution in [-0.2, 0) is 9.53 Å². The van der Waals surface area contributed by atoms with E-state index in [-0.39, 0.29) is 18.2 Å². The molecule has 92 heavy (non-hydrogen) atoms. The highest BCUT2D eigenvalue weighted by atomic mass is 33.1. The van der Waals surface area contributed by atoms with Crippen molar-refractivity contribution in [1.82, 2.24) is 19.6 Å². The van der Waals surface area contributed by atoms with Crippen molar-refractivity contribution < 1.29 is 30.0 Å². The molecule has 0 bridgehead atoms. The molecule has 4 unspecified atom stereocenters. The Morgan fingerprint density at radius 3 is 0.978 bits per heavy atom. The molecule has 1 fully saturated rings. The molecular weight excluding hydrogens is 1180 g/mol. The normalized spacial score (nSPS) is 14.9. The lowest BCUT2D eigenvalue weighted by molar-refractivity contribution is -0.144. The van der Waals surface area contributed by atoms with E-state index in [1.807, 2.05) is 21.6 Å². The lowest BCUT2D eigenvalue weighted by atomic mass is 10.0. The number of ether oxygens (including phenoxy) is 1. The monoisotopic (exact) mass is 1340 g/mol. The molecule has 4 N–H and O–H groups in total. The van der Waals surface area contributed by atoms with Crippen molar-refractivity contribution in [3.63, 3.8) is 0 Å². The molecule has 0 aromatic carbocycles. The fraction of sp³-hybridized carbons (Fsp3) is 0.938. The number of allylic oxidation sites excluding steroid dienone is 4. The Bertz CT molecular complexity index is 1460. The predicted octanol–water partition coefficient (Wildman–Crippen LogP) is 21.1. The maximum atomic E-state index is 13.0. The fourth-order valence-electron chi connectivity index (χ4n) is 13.2. The average molecular weight is 1340 g/mol. The molecule has 0 amide bonds. The first-order valence-electron chi connectivity index (χ1n) is 40.5. The van der Waals surface area contributed by atoms with Crippen LogP contribution in [0.2, 0.25) is 0 Å². The van der Waals surface area contributed by atoms with Crippen LogP contribution in [0.1, 0.15) is 362 Å². The third-order valence-corrected chi connectivity index (χ3v) is 21.7. The molecule has 1 saturated heterocycles. The topological polar surface area (TPSA) is 120 Å². The minimum atomic E-state index is -0.427. The second-order valence-corrected chi connectivity index (χ2v) is 31.2. The van der Waals surface area contributed by atoms with Crippen molar-refractivity contribution in [2.75, 3.05) is 96.6 Å². The molecular formula is C80H158N4O6S2. The van der Waals surface area contributed by atoms with Gasteiger partial charge in [-0.2, -0.15) is 0 Å². The molecule has 0 aliphatic carbocycles. The molecule has 0 radical (unpaired) electrons. The lowest BCUT2D eigenvalue weighted by Gasteiger charge is -2.34. The highest BCUT2D eigenvalue weighted by Crippen LogP contribution is 2.24. The van der Waals surface area contributed by atoms with Crippen LogP contribution in [0.3, 0.4) is 0 Å². The molecule has 1 aliphatic rings. The van der Waals surface area contributed by atoms with Crippen molar-refractivity contribution in [3.05, 3.63) is 24.3 Å². The minimum Gasteiger partial charge on any atom is -0.464 e. The molecule has 0 aromatic rings. The van der Waals surface area contributed by atoms with Gasteiger partial charge in [0.25, 0.3) is 0 Å². The van der Waals surface area contributed by atoms with Crippen LogP contribution in [0.15, 0.2) is 24.3 Å². The van der Waals surface area contributed by atoms with Gasteiger partial charge in [0.05, 0.1) is 24.4 Å². The Morgan fingerprint density at radius 2 is 0.641 bits per heavy atom. The van der Waals surface area contributed by atoms with Crippen LogP contribution in [0.4, 0.5) is 0 Å². The summed E-state index contributed by atoms with van der Waals surface area (Å²) in [6.45, 7) is 19.6. The van der Waals surface area contributed by atoms with E-state index in [0.717, 1.165) is 147 Å². The van der Waals surface area contributed by atoms with Crippen LogP contribution >= 0.6 is 21.6 Å². The highest BCUT2D eigenvalue weighted by Gasteiger charge is 2.20. The van der Waals surface area contributed by atoms with Gasteiger partial charge in [-0.15, -0.1) is 0 Å². The number of nitrogens with zero attached hydrogens (tertiary/aromatic N) is 4. The van der Waals surface area contributed by atoms with Crippen LogP contribution < -0.4 is 0 Å². The number of esters is 1. The van der Waals surface area contributed by atoms with Crippen LogP contribution in [0.25, 0.3) is 0 Å². The zero-order valence-electron chi connectivity index (χ0n) is 61.7. The Hall–Kier alpha value is -0.670. The predicted molar refractivity (Wildman–Crippen MR) is 407 cm³/mol. The zero-order chi connectivity index (χ0) is 66.5. The number of hydrogen-bond donors (Lipinski definition) is 4. The number of piperazine rings is 1. The Balaban J connectivity index is 2.42. The lowest BCUT2D eigenvalue weighted by Crippen LogP contribution is -2.47. The summed E-state index contributed by atoms with van der Waals surface area (Å²) in [5.74, 6) is 2.11. The molecule has 0 spiro atoms. The van der Waals surface area contributed by atoms with Gasteiger partial charge in [0.15, 0.2) is 0 Å². The SMILES string of the molecule is CCCCCCCC/C=C\CCCCCCC(O)CN(CCCC(=O)OCCN1CCN(CCSSCCCCN(CC(O)CCCCCCCCCCCC)CC(O)CCCCCCCCCCCC)CC1)CC(O)CCCCCC/C=C\CCCCCCCC. The summed E-state index contributed by atoms with van der Waals surface area (Å²) in [5, 5.41) is 44.6. The Kier molecular flexibility index (Phi) is 69.5. The van der Waals surface area contributed by atoms with Gasteiger partial charge in [-0.25, -0.2) is 0 Å². The number of carbonyl (C=O) groups is 1. The Labute approximate surface area is 580 Å². The van der Waals surface area contributed by atoms with E-state index < -0.39 is 12.2 Å². The van der Waals surface area contributed by atoms with E-state index in [1.165, 1.54) is 231 Å². The minimum absolute atomic E-state index is 0.145. The van der Waals surface area contributed by atoms with Crippen molar-refractivity contribution in [2.45, 2.75) is 386 Å². The van der Waals surface area contributed by atoms with Crippen molar-refractivity contribution in [1.29, 1.82) is 0 Å². The van der Waals surface area contributed by atoms with Crippen molar-refractivity contribution in [3.8, 4) is 0 Å². The molecule has 546 valence electrons. The second-order valence-electron chi connectivity index (χ2n) is 28.5. The van der Waals surface area contributed by atoms with Crippen molar-refractivity contribution >= 4 is 27.6 Å². The number of aliphatic hydroxyl groups is 4. The maximum absolute atomic E-state index is 13.0. The average Bonchev–Trinajstić information content (AvgIpc) is 3.05. The number of hydrogen-bond acceptors (Lipinski definition) is 12. The number of carbonyl (C=O) groups excluding carboxylic acids is 1. The molecule has 10 nitrogen and oxygen atoms in total. The molecule has 1 heterocycles. The number of aliphatic hydroxyl groups excluding tert-OH is 4. The molecule has 1 rings (SSSR count). The third-order valence-electron chi connectivity index (χ3n) is 19.3. The fourth-order valence-corrected chi connectivity index (χ4v) is 15.4. The molecule has 4 atom stereocenters. The van der Waals surface area contributed by atoms with E-state index in [2.05, 4.69) is 71.6 Å². The van der Waals surface area contributed by atoms with Gasteiger partial charge in [-0.3, -0.25) is 24.4 Å². The van der Waals surface area contributed by atoms with Crippen LogP contribution in [-0.4, -0.2) is 167 Å². The van der Waals surface area contributed by atoms with Gasteiger partial charge in [-0.05, 0) is 109 Å². The van der Waals surface area contributed by atoms with E-state index in [0.29, 0.717) is 52.2 Å². The second kappa shape index (κ2) is 71.6. The summed E-state index contributed by atoms with van der Waals surface area (Å²) in [6, 6.07) is 0. The first-order valence-corrected chi connectivity index (χ1v) is 43.0. The summed E-state index contributed by atoms with van der Waals surface area (Å²) in [6.07, 6.45) is 71.0. The van der Waals surface area contributed by atoms with Crippen LogP contribution in [0.5, 0.6) is 0 Å². The summed E-state index contributed by atoms with van der Waals surface area (Å²) in [4.78, 5) is 22.6. The summed E-state index contributed by atoms with van der Waals surface area (Å²) >= 11 is 0. The van der Waals surface area contributed by atoms with E-state index in [4.69, 9.17) is 4.74 Å². The highest BCUT2D eigenvalue weighted by molar-refractivity contribution is 8.76. The van der Waals surface area contributed by atoms with Gasteiger partial charge < -0.3 is 25.2 Å². The quantitative estimate of drug-likeness (QED) is 0.0201. The molecule has 1 aliphatic heterocycles. The van der Waals surface area contributed by atoms with Gasteiger partial charge in [0.2, 0.25) is 0 Å². The first-order chi connectivity index (χ1) is 45.2. The number of rotatable bonds is 74. The van der Waals surface area contributed by atoms with Gasteiger partial charge in [0, 0.05) is 83.4 Å².